The standard InChI is InChI=1S/C23H28N4O3/c28-22(18-27-20-10-4-5-11-21(20)30-23(27)29)24-12-6-7-13-25-14-16-26(17-15-25)19-8-2-1-3-9-19/h1-5,8-11H,6-7,12-18H2,(H,24,28). The van der Waals surface area contributed by atoms with Crippen LogP contribution in [-0.4, -0.2) is 54.6 Å². The first-order valence-electron chi connectivity index (χ1n) is 10.6. The molecule has 0 saturated carbocycles. The van der Waals surface area contributed by atoms with Crippen molar-refractivity contribution >= 4 is 22.7 Å². The van der Waals surface area contributed by atoms with Gasteiger partial charge in [-0.05, 0) is 43.7 Å². The maximum atomic E-state index is 12.2. The molecule has 30 heavy (non-hydrogen) atoms. The minimum absolute atomic E-state index is 0.0166. The molecule has 7 heteroatoms. The average molecular weight is 409 g/mol. The minimum Gasteiger partial charge on any atom is -0.408 e. The van der Waals surface area contributed by atoms with Gasteiger partial charge < -0.3 is 14.6 Å². The predicted molar refractivity (Wildman–Crippen MR) is 118 cm³/mol. The van der Waals surface area contributed by atoms with Crippen LogP contribution in [0, 0.1) is 0 Å². The molecule has 1 aliphatic heterocycles. The first-order valence-corrected chi connectivity index (χ1v) is 10.6. The fourth-order valence-corrected chi connectivity index (χ4v) is 3.92. The lowest BCUT2D eigenvalue weighted by molar-refractivity contribution is -0.121. The van der Waals surface area contributed by atoms with Crippen molar-refractivity contribution in [1.82, 2.24) is 14.8 Å². The number of rotatable bonds is 8. The molecule has 158 valence electrons. The normalized spacial score (nSPS) is 14.9. The van der Waals surface area contributed by atoms with E-state index in [0.29, 0.717) is 17.6 Å². The number of nitrogens with one attached hydrogen (secondary N) is 1. The second-order valence-corrected chi connectivity index (χ2v) is 7.64. The van der Waals surface area contributed by atoms with Crippen molar-refractivity contribution in [2.75, 3.05) is 44.2 Å². The van der Waals surface area contributed by atoms with Gasteiger partial charge in [0.1, 0.15) is 6.54 Å². The van der Waals surface area contributed by atoms with Crippen molar-refractivity contribution in [1.29, 1.82) is 0 Å². The molecule has 2 aromatic carbocycles. The van der Waals surface area contributed by atoms with Crippen molar-refractivity contribution in [2.24, 2.45) is 0 Å². The van der Waals surface area contributed by atoms with Crippen molar-refractivity contribution in [3.63, 3.8) is 0 Å². The number of oxazole rings is 1. The number of carbonyl (C=O) groups excluding carboxylic acids is 1. The van der Waals surface area contributed by atoms with Crippen molar-refractivity contribution < 1.29 is 9.21 Å². The molecule has 1 aliphatic rings. The number of hydrogen-bond acceptors (Lipinski definition) is 5. The summed E-state index contributed by atoms with van der Waals surface area (Å²) in [7, 11) is 0. The molecule has 2 heterocycles. The minimum atomic E-state index is -0.499. The average Bonchev–Trinajstić information content (AvgIpc) is 3.09. The maximum absolute atomic E-state index is 12.2. The zero-order valence-electron chi connectivity index (χ0n) is 17.1. The van der Waals surface area contributed by atoms with E-state index in [0.717, 1.165) is 45.6 Å². The summed E-state index contributed by atoms with van der Waals surface area (Å²) in [4.78, 5) is 29.1. The number of benzene rings is 2. The molecule has 3 aromatic rings. The van der Waals surface area contributed by atoms with Gasteiger partial charge in [-0.25, -0.2) is 4.79 Å². The topological polar surface area (TPSA) is 70.7 Å². The Hall–Kier alpha value is -3.06. The van der Waals surface area contributed by atoms with Crippen LogP contribution in [0.15, 0.2) is 63.8 Å². The maximum Gasteiger partial charge on any atom is 0.420 e. The van der Waals surface area contributed by atoms with Crippen molar-refractivity contribution in [3.05, 3.63) is 65.1 Å². The van der Waals surface area contributed by atoms with Crippen molar-refractivity contribution in [3.8, 4) is 0 Å². The summed E-state index contributed by atoms with van der Waals surface area (Å²) in [6.07, 6.45) is 1.96. The molecular formula is C23H28N4O3. The molecule has 0 spiro atoms. The molecule has 0 radical (unpaired) electrons. The van der Waals surface area contributed by atoms with E-state index in [4.69, 9.17) is 4.42 Å². The van der Waals surface area contributed by atoms with Crippen LogP contribution in [0.2, 0.25) is 0 Å². The molecule has 1 aromatic heterocycles. The lowest BCUT2D eigenvalue weighted by atomic mass is 10.2. The second kappa shape index (κ2) is 9.63. The Kier molecular flexibility index (Phi) is 6.49. The largest absolute Gasteiger partial charge is 0.420 e. The predicted octanol–water partition coefficient (Wildman–Crippen LogP) is 2.31. The van der Waals surface area contributed by atoms with E-state index in [1.807, 2.05) is 12.1 Å². The van der Waals surface area contributed by atoms with Crippen molar-refractivity contribution in [2.45, 2.75) is 19.4 Å². The van der Waals surface area contributed by atoms with E-state index >= 15 is 0 Å². The highest BCUT2D eigenvalue weighted by molar-refractivity contribution is 5.79. The second-order valence-electron chi connectivity index (χ2n) is 7.64. The molecule has 1 saturated heterocycles. The summed E-state index contributed by atoms with van der Waals surface area (Å²) >= 11 is 0. The number of amides is 1. The number of aromatic nitrogens is 1. The number of piperazine rings is 1. The summed E-state index contributed by atoms with van der Waals surface area (Å²) in [5, 5.41) is 2.91. The highest BCUT2D eigenvalue weighted by Gasteiger charge is 2.16. The van der Waals surface area contributed by atoms with Crippen LogP contribution in [-0.2, 0) is 11.3 Å². The molecule has 1 amide bonds. The number of anilines is 1. The number of carbonyl (C=O) groups is 1. The van der Waals surface area contributed by atoms with Crippen LogP contribution in [0.5, 0.6) is 0 Å². The molecule has 1 N–H and O–H groups in total. The molecule has 0 unspecified atom stereocenters. The van der Waals surface area contributed by atoms with Gasteiger partial charge in [-0.1, -0.05) is 30.3 Å². The van der Waals surface area contributed by atoms with E-state index in [2.05, 4.69) is 39.4 Å². The Morgan fingerprint density at radius 3 is 2.47 bits per heavy atom. The fraction of sp³-hybridized carbons (Fsp3) is 0.391. The molecule has 1 fully saturated rings. The highest BCUT2D eigenvalue weighted by atomic mass is 16.4. The lowest BCUT2D eigenvalue weighted by Crippen LogP contribution is -2.46. The van der Waals surface area contributed by atoms with Gasteiger partial charge in [0.2, 0.25) is 5.91 Å². The Bertz CT molecular complexity index is 1020. The van der Waals surface area contributed by atoms with Gasteiger partial charge in [-0.15, -0.1) is 0 Å². The summed E-state index contributed by atoms with van der Waals surface area (Å²) < 4.78 is 6.54. The van der Waals surface area contributed by atoms with Crippen LogP contribution in [0.4, 0.5) is 5.69 Å². The van der Waals surface area contributed by atoms with Crippen LogP contribution < -0.4 is 16.0 Å². The Morgan fingerprint density at radius 2 is 1.67 bits per heavy atom. The van der Waals surface area contributed by atoms with E-state index in [-0.39, 0.29) is 12.5 Å². The van der Waals surface area contributed by atoms with Gasteiger partial charge in [-0.3, -0.25) is 14.3 Å². The third-order valence-electron chi connectivity index (χ3n) is 5.59. The van der Waals surface area contributed by atoms with Gasteiger partial charge in [0.15, 0.2) is 5.58 Å². The summed E-state index contributed by atoms with van der Waals surface area (Å²) in [6.45, 7) is 5.88. The number of fused-ring (bicyclic) bond motifs is 1. The van der Waals surface area contributed by atoms with Gasteiger partial charge >= 0.3 is 5.76 Å². The molecule has 0 aliphatic carbocycles. The molecule has 4 rings (SSSR count). The van der Waals surface area contributed by atoms with Crippen LogP contribution in [0.1, 0.15) is 12.8 Å². The Labute approximate surface area is 175 Å². The molecule has 0 bridgehead atoms. The monoisotopic (exact) mass is 408 g/mol. The van der Waals surface area contributed by atoms with Crippen LogP contribution >= 0.6 is 0 Å². The lowest BCUT2D eigenvalue weighted by Gasteiger charge is -2.36. The zero-order chi connectivity index (χ0) is 20.8. The van der Waals surface area contributed by atoms with Gasteiger partial charge in [-0.2, -0.15) is 0 Å². The van der Waals surface area contributed by atoms with Gasteiger partial charge in [0.05, 0.1) is 5.52 Å². The SMILES string of the molecule is O=C(Cn1c(=O)oc2ccccc21)NCCCCN1CCN(c2ccccc2)CC1. The molecule has 7 nitrogen and oxygen atoms in total. The zero-order valence-corrected chi connectivity index (χ0v) is 17.1. The van der Waals surface area contributed by atoms with Gasteiger partial charge in [0, 0.05) is 38.4 Å². The number of hydrogen-bond donors (Lipinski definition) is 1. The fourth-order valence-electron chi connectivity index (χ4n) is 3.92. The van der Waals surface area contributed by atoms with E-state index in [1.54, 1.807) is 18.2 Å². The Morgan fingerprint density at radius 1 is 0.933 bits per heavy atom. The van der Waals surface area contributed by atoms with E-state index in [9.17, 15) is 9.59 Å². The third kappa shape index (κ3) is 4.91. The quantitative estimate of drug-likeness (QED) is 0.579. The summed E-state index contributed by atoms with van der Waals surface area (Å²) in [5.74, 6) is -0.666. The smallest absolute Gasteiger partial charge is 0.408 e. The Balaban J connectivity index is 1.13. The third-order valence-corrected chi connectivity index (χ3v) is 5.59. The van der Waals surface area contributed by atoms with Gasteiger partial charge in [0.25, 0.3) is 0 Å². The van der Waals surface area contributed by atoms with Crippen LogP contribution in [0.25, 0.3) is 11.1 Å². The molecule has 0 atom stereocenters. The van der Waals surface area contributed by atoms with E-state index < -0.39 is 5.76 Å². The first kappa shape index (κ1) is 20.2. The first-order chi connectivity index (χ1) is 14.7. The molecular weight excluding hydrogens is 380 g/mol. The number of nitrogens with zero attached hydrogens (tertiary/aromatic N) is 3. The van der Waals surface area contributed by atoms with E-state index in [1.165, 1.54) is 10.3 Å². The summed E-state index contributed by atoms with van der Waals surface area (Å²) in [6, 6.07) is 17.7. The summed E-state index contributed by atoms with van der Waals surface area (Å²) in [5.41, 5.74) is 2.44. The highest BCUT2D eigenvalue weighted by Crippen LogP contribution is 2.15. The van der Waals surface area contributed by atoms with Crippen LogP contribution in [0.3, 0.4) is 0 Å². The number of para-hydroxylation sites is 3. The number of unbranched alkanes of at least 4 members (excludes halogenated alkanes) is 1.